The second-order valence-corrected chi connectivity index (χ2v) is 6.81. The molecule has 0 N–H and O–H groups in total. The molecule has 110 valence electrons. The predicted octanol–water partition coefficient (Wildman–Crippen LogP) is 4.76. The summed E-state index contributed by atoms with van der Waals surface area (Å²) in [7, 11) is 0. The molecule has 1 aliphatic carbocycles. The molecule has 0 saturated heterocycles. The van der Waals surface area contributed by atoms with Crippen LogP contribution in [0.2, 0.25) is 0 Å². The van der Waals surface area contributed by atoms with Gasteiger partial charge in [-0.2, -0.15) is 0 Å². The van der Waals surface area contributed by atoms with Gasteiger partial charge in [-0.1, -0.05) is 51.1 Å². The molecule has 1 aromatic carbocycles. The summed E-state index contributed by atoms with van der Waals surface area (Å²) in [5.74, 6) is -0.652. The summed E-state index contributed by atoms with van der Waals surface area (Å²) in [4.78, 5) is 14.4. The molecule has 0 atom stereocenters. The Labute approximate surface area is 136 Å². The summed E-state index contributed by atoms with van der Waals surface area (Å²) in [5, 5.41) is 0.716. The summed E-state index contributed by atoms with van der Waals surface area (Å²) in [6.45, 7) is 0.624. The Balaban J connectivity index is 2.21. The topological polar surface area (TPSA) is 20.3 Å². The van der Waals surface area contributed by atoms with Gasteiger partial charge < -0.3 is 4.90 Å². The van der Waals surface area contributed by atoms with Crippen LogP contribution in [0.1, 0.15) is 42.5 Å². The van der Waals surface area contributed by atoms with Crippen molar-refractivity contribution in [3.8, 4) is 0 Å². The Kier molecular flexibility index (Phi) is 6.02. The highest BCUT2D eigenvalue weighted by atomic mass is 79.9. The van der Waals surface area contributed by atoms with Crippen LogP contribution in [0.25, 0.3) is 0 Å². The molecule has 0 aromatic heterocycles. The number of rotatable bonds is 4. The van der Waals surface area contributed by atoms with Crippen LogP contribution in [0.4, 0.5) is 4.39 Å². The third-order valence-corrected chi connectivity index (χ3v) is 4.61. The van der Waals surface area contributed by atoms with Crippen LogP contribution >= 0.6 is 31.9 Å². The van der Waals surface area contributed by atoms with Gasteiger partial charge in [-0.25, -0.2) is 4.39 Å². The lowest BCUT2D eigenvalue weighted by Crippen LogP contribution is -2.42. The SMILES string of the molecule is O=C(c1ccc(Br)cc1F)N(CCBr)C1CCCCC1. The van der Waals surface area contributed by atoms with Crippen LogP contribution in [0, 0.1) is 5.82 Å². The van der Waals surface area contributed by atoms with Gasteiger partial charge in [0.2, 0.25) is 0 Å². The Bertz CT molecular complexity index is 475. The van der Waals surface area contributed by atoms with E-state index in [9.17, 15) is 9.18 Å². The number of halogens is 3. The van der Waals surface area contributed by atoms with Crippen LogP contribution in [0.15, 0.2) is 22.7 Å². The van der Waals surface area contributed by atoms with Gasteiger partial charge in [0.15, 0.2) is 0 Å². The van der Waals surface area contributed by atoms with Crippen molar-refractivity contribution in [1.29, 1.82) is 0 Å². The highest BCUT2D eigenvalue weighted by Crippen LogP contribution is 2.25. The first-order chi connectivity index (χ1) is 9.63. The van der Waals surface area contributed by atoms with Crippen molar-refractivity contribution in [2.75, 3.05) is 11.9 Å². The number of carbonyl (C=O) groups excluding carboxylic acids is 1. The van der Waals surface area contributed by atoms with Crippen LogP contribution in [0.3, 0.4) is 0 Å². The maximum Gasteiger partial charge on any atom is 0.257 e. The molecule has 2 nitrogen and oxygen atoms in total. The quantitative estimate of drug-likeness (QED) is 0.660. The second-order valence-electron chi connectivity index (χ2n) is 5.10. The zero-order valence-corrected chi connectivity index (χ0v) is 14.4. The normalized spacial score (nSPS) is 16.1. The highest BCUT2D eigenvalue weighted by Gasteiger charge is 2.27. The molecular formula is C15H18Br2FNO. The van der Waals surface area contributed by atoms with Crippen LogP contribution < -0.4 is 0 Å². The fraction of sp³-hybridized carbons (Fsp3) is 0.533. The van der Waals surface area contributed by atoms with Crippen molar-refractivity contribution < 1.29 is 9.18 Å². The number of hydrogen-bond donors (Lipinski definition) is 0. The van der Waals surface area contributed by atoms with E-state index < -0.39 is 5.82 Å². The van der Waals surface area contributed by atoms with Crippen molar-refractivity contribution in [2.45, 2.75) is 38.1 Å². The molecule has 1 aromatic rings. The molecular weight excluding hydrogens is 389 g/mol. The summed E-state index contributed by atoms with van der Waals surface area (Å²) >= 11 is 6.61. The standard InChI is InChI=1S/C15H18Br2FNO/c16-8-9-19(12-4-2-1-3-5-12)15(20)13-7-6-11(17)10-14(13)18/h6-7,10,12H,1-5,8-9H2. The molecule has 0 bridgehead atoms. The fourth-order valence-corrected chi connectivity index (χ4v) is 3.47. The molecule has 0 spiro atoms. The highest BCUT2D eigenvalue weighted by molar-refractivity contribution is 9.10. The summed E-state index contributed by atoms with van der Waals surface area (Å²) in [6.07, 6.45) is 5.59. The van der Waals surface area contributed by atoms with Gasteiger partial charge in [-0.05, 0) is 31.0 Å². The van der Waals surface area contributed by atoms with E-state index in [1.165, 1.54) is 12.5 Å². The third kappa shape index (κ3) is 3.82. The van der Waals surface area contributed by atoms with Crippen molar-refractivity contribution in [2.24, 2.45) is 0 Å². The van der Waals surface area contributed by atoms with E-state index in [0.717, 1.165) is 25.7 Å². The van der Waals surface area contributed by atoms with Gasteiger partial charge in [-0.3, -0.25) is 4.79 Å². The van der Waals surface area contributed by atoms with Gasteiger partial charge in [0, 0.05) is 22.4 Å². The molecule has 0 radical (unpaired) electrons. The van der Waals surface area contributed by atoms with Crippen LogP contribution in [-0.4, -0.2) is 28.7 Å². The van der Waals surface area contributed by atoms with E-state index in [1.807, 2.05) is 4.90 Å². The maximum atomic E-state index is 14.0. The lowest BCUT2D eigenvalue weighted by molar-refractivity contribution is 0.0646. The smallest absolute Gasteiger partial charge is 0.257 e. The van der Waals surface area contributed by atoms with E-state index in [4.69, 9.17) is 0 Å². The molecule has 1 saturated carbocycles. The van der Waals surface area contributed by atoms with E-state index in [2.05, 4.69) is 31.9 Å². The van der Waals surface area contributed by atoms with Crippen molar-refractivity contribution in [1.82, 2.24) is 4.90 Å². The van der Waals surface area contributed by atoms with E-state index >= 15 is 0 Å². The number of benzene rings is 1. The molecule has 1 fully saturated rings. The minimum atomic E-state index is -0.459. The summed E-state index contributed by atoms with van der Waals surface area (Å²) < 4.78 is 14.6. The first-order valence-electron chi connectivity index (χ1n) is 6.95. The largest absolute Gasteiger partial charge is 0.335 e. The number of nitrogens with zero attached hydrogens (tertiary/aromatic N) is 1. The monoisotopic (exact) mass is 405 g/mol. The number of amides is 1. The number of alkyl halides is 1. The van der Waals surface area contributed by atoms with Gasteiger partial charge in [0.05, 0.1) is 5.56 Å². The Hall–Kier alpha value is -0.420. The predicted molar refractivity (Wildman–Crippen MR) is 85.8 cm³/mol. The lowest BCUT2D eigenvalue weighted by Gasteiger charge is -2.34. The van der Waals surface area contributed by atoms with E-state index in [0.29, 0.717) is 16.3 Å². The Morgan fingerprint density at radius 3 is 2.60 bits per heavy atom. The van der Waals surface area contributed by atoms with Gasteiger partial charge in [0.25, 0.3) is 5.91 Å². The summed E-state index contributed by atoms with van der Waals surface area (Å²) in [5.41, 5.74) is 0.166. The second kappa shape index (κ2) is 7.55. The molecule has 0 aliphatic heterocycles. The third-order valence-electron chi connectivity index (χ3n) is 3.76. The molecule has 5 heteroatoms. The minimum absolute atomic E-state index is 0.166. The number of hydrogen-bond acceptors (Lipinski definition) is 1. The van der Waals surface area contributed by atoms with E-state index in [-0.39, 0.29) is 17.5 Å². The molecule has 0 unspecified atom stereocenters. The van der Waals surface area contributed by atoms with Crippen molar-refractivity contribution in [3.63, 3.8) is 0 Å². The van der Waals surface area contributed by atoms with E-state index in [1.54, 1.807) is 12.1 Å². The molecule has 0 heterocycles. The van der Waals surface area contributed by atoms with Crippen LogP contribution in [-0.2, 0) is 0 Å². The maximum absolute atomic E-state index is 14.0. The van der Waals surface area contributed by atoms with Gasteiger partial charge >= 0.3 is 0 Å². The zero-order chi connectivity index (χ0) is 14.5. The van der Waals surface area contributed by atoms with Crippen LogP contribution in [0.5, 0.6) is 0 Å². The molecule has 1 amide bonds. The van der Waals surface area contributed by atoms with Gasteiger partial charge in [0.1, 0.15) is 5.82 Å². The molecule has 1 aliphatic rings. The first-order valence-corrected chi connectivity index (χ1v) is 8.87. The van der Waals surface area contributed by atoms with Crippen molar-refractivity contribution in [3.05, 3.63) is 34.1 Å². The lowest BCUT2D eigenvalue weighted by atomic mass is 9.93. The first kappa shape index (κ1) is 16.0. The Morgan fingerprint density at radius 1 is 1.30 bits per heavy atom. The fourth-order valence-electron chi connectivity index (χ4n) is 2.75. The molecule has 2 rings (SSSR count). The average molecular weight is 407 g/mol. The Morgan fingerprint density at radius 2 is 2.00 bits per heavy atom. The molecule has 20 heavy (non-hydrogen) atoms. The average Bonchev–Trinajstić information content (AvgIpc) is 2.45. The van der Waals surface area contributed by atoms with Gasteiger partial charge in [-0.15, -0.1) is 0 Å². The number of carbonyl (C=O) groups is 1. The van der Waals surface area contributed by atoms with Crippen molar-refractivity contribution >= 4 is 37.8 Å². The summed E-state index contributed by atoms with van der Waals surface area (Å²) in [6, 6.07) is 4.87. The zero-order valence-electron chi connectivity index (χ0n) is 11.2. The minimum Gasteiger partial charge on any atom is -0.335 e.